The van der Waals surface area contributed by atoms with E-state index in [1.807, 2.05) is 6.07 Å². The number of aromatic nitrogens is 2. The van der Waals surface area contributed by atoms with E-state index in [4.69, 9.17) is 9.47 Å². The fourth-order valence-electron chi connectivity index (χ4n) is 3.59. The maximum Gasteiger partial charge on any atom is 0.266 e. The van der Waals surface area contributed by atoms with Crippen molar-refractivity contribution in [3.8, 4) is 17.2 Å². The van der Waals surface area contributed by atoms with Crippen molar-refractivity contribution in [3.05, 3.63) is 88.5 Å². The minimum absolute atomic E-state index is 0.0455. The zero-order valence-electron chi connectivity index (χ0n) is 19.5. The Balaban J connectivity index is 1.60. The number of hydrogen-bond acceptors (Lipinski definition) is 6. The summed E-state index contributed by atoms with van der Waals surface area (Å²) in [5.41, 5.74) is 1.54. The van der Waals surface area contributed by atoms with Crippen LogP contribution in [0, 0.1) is 5.82 Å². The van der Waals surface area contributed by atoms with Gasteiger partial charge in [0, 0.05) is 19.7 Å². The molecule has 0 aliphatic heterocycles. The number of fused-ring (bicyclic) bond motifs is 1. The summed E-state index contributed by atoms with van der Waals surface area (Å²) in [6.45, 7) is 0.230. The van der Waals surface area contributed by atoms with Gasteiger partial charge in [0.05, 0.1) is 36.6 Å². The predicted octanol–water partition coefficient (Wildman–Crippen LogP) is 4.29. The van der Waals surface area contributed by atoms with Gasteiger partial charge in [0.1, 0.15) is 5.75 Å². The van der Waals surface area contributed by atoms with Gasteiger partial charge in [0.2, 0.25) is 5.91 Å². The molecule has 7 nitrogen and oxygen atoms in total. The number of carbonyl (C=O) groups excluding carboxylic acids is 1. The van der Waals surface area contributed by atoms with E-state index in [1.54, 1.807) is 62.7 Å². The summed E-state index contributed by atoms with van der Waals surface area (Å²) >= 11 is 1.17. The summed E-state index contributed by atoms with van der Waals surface area (Å²) in [4.78, 5) is 32.4. The van der Waals surface area contributed by atoms with Gasteiger partial charge in [0.15, 0.2) is 16.7 Å². The number of halogens is 1. The van der Waals surface area contributed by atoms with Crippen molar-refractivity contribution in [2.45, 2.75) is 11.7 Å². The topological polar surface area (TPSA) is 73.7 Å². The van der Waals surface area contributed by atoms with Crippen molar-refractivity contribution in [1.82, 2.24) is 14.5 Å². The second-order valence-corrected chi connectivity index (χ2v) is 8.70. The molecule has 0 aliphatic rings. The van der Waals surface area contributed by atoms with E-state index in [-0.39, 0.29) is 29.5 Å². The molecule has 9 heteroatoms. The van der Waals surface area contributed by atoms with Crippen LogP contribution in [0.25, 0.3) is 16.6 Å². The van der Waals surface area contributed by atoms with Crippen molar-refractivity contribution in [3.63, 3.8) is 0 Å². The molecule has 3 aromatic carbocycles. The maximum atomic E-state index is 14.0. The Morgan fingerprint density at radius 3 is 2.60 bits per heavy atom. The van der Waals surface area contributed by atoms with Gasteiger partial charge in [-0.2, -0.15) is 0 Å². The fourth-order valence-corrected chi connectivity index (χ4v) is 4.55. The number of thioether (sulfide) groups is 1. The van der Waals surface area contributed by atoms with Gasteiger partial charge in [-0.1, -0.05) is 36.0 Å². The monoisotopic (exact) mass is 493 g/mol. The number of nitrogens with zero attached hydrogens (tertiary/aromatic N) is 3. The average Bonchev–Trinajstić information content (AvgIpc) is 2.87. The first-order valence-corrected chi connectivity index (χ1v) is 11.7. The lowest BCUT2D eigenvalue weighted by Crippen LogP contribution is -2.28. The Bertz CT molecular complexity index is 1440. The first-order chi connectivity index (χ1) is 16.9. The number of benzene rings is 3. The van der Waals surface area contributed by atoms with Crippen LogP contribution in [0.5, 0.6) is 11.5 Å². The largest absolute Gasteiger partial charge is 0.497 e. The van der Waals surface area contributed by atoms with Crippen molar-refractivity contribution >= 4 is 28.6 Å². The molecule has 4 rings (SSSR count). The summed E-state index contributed by atoms with van der Waals surface area (Å²) in [7, 11) is 4.60. The van der Waals surface area contributed by atoms with E-state index >= 15 is 0 Å². The number of methoxy groups -OCH3 is 2. The number of amides is 1. The van der Waals surface area contributed by atoms with Crippen molar-refractivity contribution in [2.24, 2.45) is 0 Å². The molecule has 0 spiro atoms. The van der Waals surface area contributed by atoms with Crippen molar-refractivity contribution < 1.29 is 18.7 Å². The number of ether oxygens (including phenoxy) is 2. The number of para-hydroxylation sites is 1. The molecule has 0 bridgehead atoms. The van der Waals surface area contributed by atoms with Gasteiger partial charge in [0.25, 0.3) is 5.56 Å². The second kappa shape index (κ2) is 10.6. The molecule has 1 heterocycles. The number of hydrogen-bond donors (Lipinski definition) is 0. The highest BCUT2D eigenvalue weighted by Crippen LogP contribution is 2.24. The molecule has 0 unspecified atom stereocenters. The maximum absolute atomic E-state index is 14.0. The van der Waals surface area contributed by atoms with E-state index in [1.165, 1.54) is 40.5 Å². The molecule has 4 aromatic rings. The third kappa shape index (κ3) is 5.30. The third-order valence-electron chi connectivity index (χ3n) is 5.44. The summed E-state index contributed by atoms with van der Waals surface area (Å²) < 4.78 is 25.8. The zero-order chi connectivity index (χ0) is 24.9. The molecule has 0 saturated heterocycles. The summed E-state index contributed by atoms with van der Waals surface area (Å²) in [5.74, 6) is 0.120. The summed E-state index contributed by atoms with van der Waals surface area (Å²) in [6, 6.07) is 18.8. The normalized spacial score (nSPS) is 10.9. The van der Waals surface area contributed by atoms with E-state index < -0.39 is 5.82 Å². The molecule has 0 saturated carbocycles. The Morgan fingerprint density at radius 2 is 1.86 bits per heavy atom. The fraction of sp³-hybridized carbons (Fsp3) is 0.192. The molecule has 0 N–H and O–H groups in total. The summed E-state index contributed by atoms with van der Waals surface area (Å²) in [6.07, 6.45) is 0. The van der Waals surface area contributed by atoms with Gasteiger partial charge >= 0.3 is 0 Å². The van der Waals surface area contributed by atoms with Crippen LogP contribution in [0.4, 0.5) is 4.39 Å². The molecule has 0 aliphatic carbocycles. The van der Waals surface area contributed by atoms with Crippen LogP contribution in [-0.2, 0) is 11.3 Å². The molecule has 1 amide bonds. The Morgan fingerprint density at radius 1 is 1.06 bits per heavy atom. The predicted molar refractivity (Wildman–Crippen MR) is 134 cm³/mol. The van der Waals surface area contributed by atoms with E-state index in [0.29, 0.717) is 33.1 Å². The molecular formula is C26H24FN3O4S. The summed E-state index contributed by atoms with van der Waals surface area (Å²) in [5, 5.41) is 0.865. The number of rotatable bonds is 8. The van der Waals surface area contributed by atoms with Crippen LogP contribution in [-0.4, -0.2) is 47.4 Å². The molecular weight excluding hydrogens is 469 g/mol. The highest BCUT2D eigenvalue weighted by molar-refractivity contribution is 7.99. The number of carbonyl (C=O) groups is 1. The smallest absolute Gasteiger partial charge is 0.266 e. The van der Waals surface area contributed by atoms with Crippen molar-refractivity contribution in [1.29, 1.82) is 0 Å². The molecule has 180 valence electrons. The quantitative estimate of drug-likeness (QED) is 0.269. The van der Waals surface area contributed by atoms with Crippen LogP contribution in [0.1, 0.15) is 5.56 Å². The average molecular weight is 494 g/mol. The van der Waals surface area contributed by atoms with Gasteiger partial charge in [-0.15, -0.1) is 0 Å². The highest BCUT2D eigenvalue weighted by atomic mass is 32.2. The van der Waals surface area contributed by atoms with Crippen LogP contribution in [0.3, 0.4) is 0 Å². The zero-order valence-corrected chi connectivity index (χ0v) is 20.3. The lowest BCUT2D eigenvalue weighted by molar-refractivity contribution is -0.127. The van der Waals surface area contributed by atoms with E-state index in [9.17, 15) is 14.0 Å². The minimum Gasteiger partial charge on any atom is -0.497 e. The molecule has 0 radical (unpaired) electrons. The molecule has 0 atom stereocenters. The lowest BCUT2D eigenvalue weighted by atomic mass is 10.2. The van der Waals surface area contributed by atoms with Gasteiger partial charge in [-0.05, 0) is 42.0 Å². The van der Waals surface area contributed by atoms with Crippen molar-refractivity contribution in [2.75, 3.05) is 27.0 Å². The van der Waals surface area contributed by atoms with Gasteiger partial charge < -0.3 is 14.4 Å². The second-order valence-electron chi connectivity index (χ2n) is 7.76. The molecule has 0 fully saturated rings. The first-order valence-electron chi connectivity index (χ1n) is 10.8. The SMILES string of the molecule is COc1cccc(-n2c(SCC(=O)N(C)Cc3ccc(OC)c(F)c3)nc3ccccc3c2=O)c1. The van der Waals surface area contributed by atoms with Crippen LogP contribution >= 0.6 is 11.8 Å². The van der Waals surface area contributed by atoms with Crippen LogP contribution in [0.15, 0.2) is 76.7 Å². The standard InChI is InChI=1S/C26H24FN3O4S/c1-29(15-17-11-12-23(34-3)21(27)13-17)24(31)16-35-26-28-22-10-5-4-9-20(22)25(32)30(26)18-7-6-8-19(14-18)33-2/h4-14H,15-16H2,1-3H3. The highest BCUT2D eigenvalue weighted by Gasteiger charge is 2.17. The van der Waals surface area contributed by atoms with E-state index in [0.717, 1.165) is 0 Å². The Hall–Kier alpha value is -3.85. The lowest BCUT2D eigenvalue weighted by Gasteiger charge is -2.18. The molecule has 35 heavy (non-hydrogen) atoms. The molecule has 1 aromatic heterocycles. The van der Waals surface area contributed by atoms with Crippen LogP contribution < -0.4 is 15.0 Å². The first kappa shape index (κ1) is 24.3. The minimum atomic E-state index is -0.483. The van der Waals surface area contributed by atoms with Gasteiger partial charge in [-0.3, -0.25) is 14.2 Å². The van der Waals surface area contributed by atoms with Gasteiger partial charge in [-0.25, -0.2) is 9.37 Å². The third-order valence-corrected chi connectivity index (χ3v) is 6.37. The Labute approximate surface area is 206 Å². The van der Waals surface area contributed by atoms with Crippen LogP contribution in [0.2, 0.25) is 0 Å². The van der Waals surface area contributed by atoms with E-state index in [2.05, 4.69) is 4.98 Å². The Kier molecular flexibility index (Phi) is 7.36.